The Morgan fingerprint density at radius 1 is 1.53 bits per heavy atom. The van der Waals surface area contributed by atoms with Crippen LogP contribution in [0.1, 0.15) is 25.5 Å². The largest absolute Gasteiger partial charge is 0.397 e. The van der Waals surface area contributed by atoms with Crippen LogP contribution in [0.4, 0.5) is 5.69 Å². The summed E-state index contributed by atoms with van der Waals surface area (Å²) in [5.41, 5.74) is 7.47. The van der Waals surface area contributed by atoms with Crippen LogP contribution in [0.5, 0.6) is 0 Å². The zero-order valence-corrected chi connectivity index (χ0v) is 9.36. The van der Waals surface area contributed by atoms with E-state index in [-0.39, 0.29) is 5.56 Å². The van der Waals surface area contributed by atoms with Crippen molar-refractivity contribution in [2.45, 2.75) is 33.2 Å². The predicted octanol–water partition coefficient (Wildman–Crippen LogP) is 1.79. The highest BCUT2D eigenvalue weighted by Gasteiger charge is 2.28. The molecular weight excluding hydrogens is 188 g/mol. The summed E-state index contributed by atoms with van der Waals surface area (Å²) in [4.78, 5) is 11.7. The lowest BCUT2D eigenvalue weighted by molar-refractivity contribution is 0.419. The third kappa shape index (κ3) is 2.06. The summed E-state index contributed by atoms with van der Waals surface area (Å²) in [5.74, 6) is 1.40. The lowest BCUT2D eigenvalue weighted by Gasteiger charge is -2.16. The minimum Gasteiger partial charge on any atom is -0.397 e. The van der Waals surface area contributed by atoms with Gasteiger partial charge in [-0.2, -0.15) is 0 Å². The highest BCUT2D eigenvalue weighted by molar-refractivity contribution is 5.41. The number of aromatic nitrogens is 1. The third-order valence-corrected chi connectivity index (χ3v) is 3.39. The maximum absolute atomic E-state index is 11.7. The molecule has 1 aromatic rings. The number of nitrogen functional groups attached to an aromatic ring is 1. The van der Waals surface area contributed by atoms with Crippen LogP contribution >= 0.6 is 0 Å². The van der Waals surface area contributed by atoms with Gasteiger partial charge in [-0.1, -0.05) is 6.92 Å². The summed E-state index contributed by atoms with van der Waals surface area (Å²) >= 11 is 0. The van der Waals surface area contributed by atoms with Gasteiger partial charge in [0, 0.05) is 18.3 Å². The van der Waals surface area contributed by atoms with Gasteiger partial charge < -0.3 is 10.3 Å². The topological polar surface area (TPSA) is 48.0 Å². The van der Waals surface area contributed by atoms with E-state index in [4.69, 9.17) is 5.73 Å². The number of hydrogen-bond donors (Lipinski definition) is 1. The van der Waals surface area contributed by atoms with Crippen molar-refractivity contribution in [2.75, 3.05) is 5.73 Å². The van der Waals surface area contributed by atoms with E-state index in [9.17, 15) is 4.79 Å². The second-order valence-corrected chi connectivity index (χ2v) is 4.64. The van der Waals surface area contributed by atoms with E-state index in [1.165, 1.54) is 12.8 Å². The molecule has 1 fully saturated rings. The summed E-state index contributed by atoms with van der Waals surface area (Å²) < 4.78 is 1.80. The van der Waals surface area contributed by atoms with E-state index in [0.29, 0.717) is 11.6 Å². The molecule has 1 aliphatic carbocycles. The van der Waals surface area contributed by atoms with Crippen molar-refractivity contribution in [1.29, 1.82) is 0 Å². The maximum atomic E-state index is 11.7. The van der Waals surface area contributed by atoms with Crippen LogP contribution in [0.2, 0.25) is 0 Å². The second-order valence-electron chi connectivity index (χ2n) is 4.64. The summed E-state index contributed by atoms with van der Waals surface area (Å²) in [5, 5.41) is 0. The Balaban J connectivity index is 2.26. The molecule has 2 N–H and O–H groups in total. The SMILES string of the molecule is Cc1c(N)ccc(=O)n1CC(C)C1CC1. The molecule has 0 saturated heterocycles. The van der Waals surface area contributed by atoms with Crippen molar-refractivity contribution in [3.8, 4) is 0 Å². The molecule has 82 valence electrons. The maximum Gasteiger partial charge on any atom is 0.250 e. The Morgan fingerprint density at radius 2 is 2.20 bits per heavy atom. The number of anilines is 1. The highest BCUT2D eigenvalue weighted by Crippen LogP contribution is 2.37. The normalized spacial score (nSPS) is 17.7. The molecule has 1 aromatic heterocycles. The van der Waals surface area contributed by atoms with Crippen LogP contribution in [0.15, 0.2) is 16.9 Å². The average molecular weight is 206 g/mol. The lowest BCUT2D eigenvalue weighted by atomic mass is 10.1. The molecule has 15 heavy (non-hydrogen) atoms. The number of nitrogens with two attached hydrogens (primary N) is 1. The first-order valence-corrected chi connectivity index (χ1v) is 5.55. The highest BCUT2D eigenvalue weighted by atomic mass is 16.1. The molecule has 1 heterocycles. The molecule has 0 amide bonds. The molecule has 1 atom stereocenters. The van der Waals surface area contributed by atoms with E-state index in [1.54, 1.807) is 16.7 Å². The van der Waals surface area contributed by atoms with Gasteiger partial charge in [0.1, 0.15) is 0 Å². The molecule has 1 saturated carbocycles. The fraction of sp³-hybridized carbons (Fsp3) is 0.583. The lowest BCUT2D eigenvalue weighted by Crippen LogP contribution is -2.25. The van der Waals surface area contributed by atoms with Crippen molar-refractivity contribution in [2.24, 2.45) is 11.8 Å². The van der Waals surface area contributed by atoms with Crippen LogP contribution in [0.25, 0.3) is 0 Å². The van der Waals surface area contributed by atoms with Gasteiger partial charge in [0.2, 0.25) is 0 Å². The number of hydrogen-bond acceptors (Lipinski definition) is 2. The van der Waals surface area contributed by atoms with Crippen molar-refractivity contribution in [3.63, 3.8) is 0 Å². The van der Waals surface area contributed by atoms with Crippen LogP contribution < -0.4 is 11.3 Å². The third-order valence-electron chi connectivity index (χ3n) is 3.39. The molecule has 0 spiro atoms. The zero-order chi connectivity index (χ0) is 11.0. The first kappa shape index (κ1) is 10.3. The fourth-order valence-corrected chi connectivity index (χ4v) is 2.02. The van der Waals surface area contributed by atoms with Crippen LogP contribution in [0, 0.1) is 18.8 Å². The number of nitrogens with zero attached hydrogens (tertiary/aromatic N) is 1. The Kier molecular flexibility index (Phi) is 2.55. The van der Waals surface area contributed by atoms with E-state index < -0.39 is 0 Å². The fourth-order valence-electron chi connectivity index (χ4n) is 2.02. The smallest absolute Gasteiger partial charge is 0.250 e. The summed E-state index contributed by atoms with van der Waals surface area (Å²) in [6.07, 6.45) is 2.63. The van der Waals surface area contributed by atoms with Crippen molar-refractivity contribution >= 4 is 5.69 Å². The Hall–Kier alpha value is -1.25. The van der Waals surface area contributed by atoms with E-state index in [1.807, 2.05) is 6.92 Å². The van der Waals surface area contributed by atoms with E-state index >= 15 is 0 Å². The van der Waals surface area contributed by atoms with Crippen molar-refractivity contribution in [1.82, 2.24) is 4.57 Å². The molecule has 2 rings (SSSR count). The van der Waals surface area contributed by atoms with Gasteiger partial charge >= 0.3 is 0 Å². The average Bonchev–Trinajstić information content (AvgIpc) is 3.02. The molecule has 0 radical (unpaired) electrons. The molecule has 3 nitrogen and oxygen atoms in total. The van der Waals surface area contributed by atoms with Gasteiger partial charge in [-0.25, -0.2) is 0 Å². The number of pyridine rings is 1. The number of rotatable bonds is 3. The van der Waals surface area contributed by atoms with Gasteiger partial charge in [-0.15, -0.1) is 0 Å². The first-order chi connectivity index (χ1) is 7.09. The zero-order valence-electron chi connectivity index (χ0n) is 9.36. The Bertz CT molecular complexity index is 418. The van der Waals surface area contributed by atoms with Gasteiger partial charge in [0.25, 0.3) is 5.56 Å². The molecule has 3 heteroatoms. The van der Waals surface area contributed by atoms with Crippen LogP contribution in [0.3, 0.4) is 0 Å². The minimum absolute atomic E-state index is 0.0641. The molecule has 0 aromatic carbocycles. The van der Waals surface area contributed by atoms with Crippen molar-refractivity contribution < 1.29 is 0 Å². The standard InChI is InChI=1S/C12H18N2O/c1-8(10-3-4-10)7-14-9(2)11(13)5-6-12(14)15/h5-6,8,10H,3-4,7,13H2,1-2H3. The van der Waals surface area contributed by atoms with Gasteiger partial charge in [0.05, 0.1) is 5.69 Å². The quantitative estimate of drug-likeness (QED) is 0.819. The molecule has 0 bridgehead atoms. The monoisotopic (exact) mass is 206 g/mol. The van der Waals surface area contributed by atoms with Crippen LogP contribution in [-0.2, 0) is 6.54 Å². The van der Waals surface area contributed by atoms with E-state index in [2.05, 4.69) is 6.92 Å². The van der Waals surface area contributed by atoms with E-state index in [0.717, 1.165) is 18.2 Å². The summed E-state index contributed by atoms with van der Waals surface area (Å²) in [7, 11) is 0. The van der Waals surface area contributed by atoms with Crippen LogP contribution in [-0.4, -0.2) is 4.57 Å². The molecule has 0 aliphatic heterocycles. The molecule has 1 aliphatic rings. The Labute approximate surface area is 89.9 Å². The van der Waals surface area contributed by atoms with Gasteiger partial charge in [-0.3, -0.25) is 4.79 Å². The summed E-state index contributed by atoms with van der Waals surface area (Å²) in [6.45, 7) is 4.93. The Morgan fingerprint density at radius 3 is 2.80 bits per heavy atom. The predicted molar refractivity (Wildman–Crippen MR) is 61.7 cm³/mol. The molecular formula is C12H18N2O. The van der Waals surface area contributed by atoms with Gasteiger partial charge in [-0.05, 0) is 37.7 Å². The first-order valence-electron chi connectivity index (χ1n) is 5.55. The van der Waals surface area contributed by atoms with Gasteiger partial charge in [0.15, 0.2) is 0 Å². The second kappa shape index (κ2) is 3.72. The molecule has 1 unspecified atom stereocenters. The summed E-state index contributed by atoms with van der Waals surface area (Å²) in [6, 6.07) is 3.25. The minimum atomic E-state index is 0.0641. The van der Waals surface area contributed by atoms with Crippen molar-refractivity contribution in [3.05, 3.63) is 28.2 Å².